The van der Waals surface area contributed by atoms with Crippen molar-refractivity contribution in [1.82, 2.24) is 10.6 Å². The van der Waals surface area contributed by atoms with Gasteiger partial charge >= 0.3 is 0 Å². The Morgan fingerprint density at radius 2 is 1.88 bits per heavy atom. The van der Waals surface area contributed by atoms with Gasteiger partial charge in [-0.05, 0) is 35.7 Å². The second-order valence-corrected chi connectivity index (χ2v) is 6.21. The maximum absolute atomic E-state index is 6.28. The van der Waals surface area contributed by atoms with E-state index in [-0.39, 0.29) is 0 Å². The van der Waals surface area contributed by atoms with Crippen LogP contribution >= 0.6 is 11.6 Å². The third-order valence-electron chi connectivity index (χ3n) is 4.05. The lowest BCUT2D eigenvalue weighted by atomic mass is 10.1. The van der Waals surface area contributed by atoms with Gasteiger partial charge in [-0.3, -0.25) is 4.99 Å². The van der Waals surface area contributed by atoms with Crippen molar-refractivity contribution in [3.05, 3.63) is 58.1 Å². The van der Waals surface area contributed by atoms with Crippen LogP contribution in [0.2, 0.25) is 5.02 Å². The molecule has 1 aliphatic heterocycles. The molecule has 0 spiro atoms. The quantitative estimate of drug-likeness (QED) is 0.649. The van der Waals surface area contributed by atoms with Crippen molar-refractivity contribution in [2.24, 2.45) is 4.99 Å². The van der Waals surface area contributed by atoms with Crippen molar-refractivity contribution in [1.29, 1.82) is 0 Å². The van der Waals surface area contributed by atoms with Crippen molar-refractivity contribution < 1.29 is 9.47 Å². The second-order valence-electron chi connectivity index (χ2n) is 5.81. The molecule has 0 aromatic heterocycles. The first-order chi connectivity index (χ1) is 12.2. The maximum atomic E-state index is 6.28. The van der Waals surface area contributed by atoms with Gasteiger partial charge in [0, 0.05) is 20.1 Å². The summed E-state index contributed by atoms with van der Waals surface area (Å²) >= 11 is 6.28. The minimum Gasteiger partial charge on any atom is -0.486 e. The highest BCUT2D eigenvalue weighted by Gasteiger charge is 2.16. The fraction of sp³-hybridized carbons (Fsp3) is 0.316. The number of nitrogens with zero attached hydrogens (tertiary/aromatic N) is 1. The number of benzene rings is 2. The van der Waals surface area contributed by atoms with Crippen LogP contribution < -0.4 is 20.1 Å². The van der Waals surface area contributed by atoms with Gasteiger partial charge in [0.25, 0.3) is 0 Å². The zero-order chi connectivity index (χ0) is 17.6. The molecule has 0 fully saturated rings. The summed E-state index contributed by atoms with van der Waals surface area (Å²) in [7, 11) is 1.75. The molecule has 0 saturated heterocycles. The first kappa shape index (κ1) is 17.4. The van der Waals surface area contributed by atoms with E-state index in [0.29, 0.717) is 42.8 Å². The number of halogens is 1. The SMILES string of the molecule is CN=C(NCc1cc(Cl)c2c(c1)OCCO2)NCc1ccccc1C. The Labute approximate surface area is 153 Å². The molecule has 1 heterocycles. The number of ether oxygens (including phenoxy) is 2. The molecule has 6 heteroatoms. The molecule has 0 saturated carbocycles. The molecule has 2 aromatic carbocycles. The summed E-state index contributed by atoms with van der Waals surface area (Å²) in [6.07, 6.45) is 0. The summed E-state index contributed by atoms with van der Waals surface area (Å²) in [5.74, 6) is 2.05. The number of fused-ring (bicyclic) bond motifs is 1. The summed E-state index contributed by atoms with van der Waals surface area (Å²) < 4.78 is 11.2. The first-order valence-electron chi connectivity index (χ1n) is 8.24. The third-order valence-corrected chi connectivity index (χ3v) is 4.33. The number of nitrogens with one attached hydrogen (secondary N) is 2. The van der Waals surface area contributed by atoms with E-state index < -0.39 is 0 Å². The largest absolute Gasteiger partial charge is 0.486 e. The summed E-state index contributed by atoms with van der Waals surface area (Å²) in [5, 5.41) is 7.18. The molecule has 0 radical (unpaired) electrons. The Hall–Kier alpha value is -2.40. The van der Waals surface area contributed by atoms with Gasteiger partial charge in [-0.1, -0.05) is 35.9 Å². The van der Waals surface area contributed by atoms with Crippen LogP contribution in [0.3, 0.4) is 0 Å². The van der Waals surface area contributed by atoms with E-state index in [4.69, 9.17) is 21.1 Å². The molecule has 2 N–H and O–H groups in total. The summed E-state index contributed by atoms with van der Waals surface area (Å²) in [5.41, 5.74) is 3.50. The highest BCUT2D eigenvalue weighted by molar-refractivity contribution is 6.32. The predicted molar refractivity (Wildman–Crippen MR) is 101 cm³/mol. The minimum absolute atomic E-state index is 0.528. The lowest BCUT2D eigenvalue weighted by Crippen LogP contribution is -2.36. The molecule has 3 rings (SSSR count). The van der Waals surface area contributed by atoms with E-state index in [1.807, 2.05) is 24.3 Å². The van der Waals surface area contributed by atoms with Gasteiger partial charge in [0.05, 0.1) is 5.02 Å². The molecule has 1 aliphatic rings. The highest BCUT2D eigenvalue weighted by atomic mass is 35.5. The molecule has 0 amide bonds. The Morgan fingerprint density at radius 1 is 1.12 bits per heavy atom. The smallest absolute Gasteiger partial charge is 0.191 e. The third kappa shape index (κ3) is 4.37. The molecule has 0 unspecified atom stereocenters. The standard InChI is InChI=1S/C19H22ClN3O2/c1-13-5-3-4-6-15(13)12-23-19(21-2)22-11-14-9-16(20)18-17(10-14)24-7-8-25-18/h3-6,9-10H,7-8,11-12H2,1-2H3,(H2,21,22,23). The lowest BCUT2D eigenvalue weighted by molar-refractivity contribution is 0.171. The first-order valence-corrected chi connectivity index (χ1v) is 8.62. The van der Waals surface area contributed by atoms with Crippen molar-refractivity contribution in [3.63, 3.8) is 0 Å². The van der Waals surface area contributed by atoms with E-state index in [1.54, 1.807) is 7.05 Å². The van der Waals surface area contributed by atoms with E-state index in [9.17, 15) is 0 Å². The van der Waals surface area contributed by atoms with Gasteiger partial charge in [0.1, 0.15) is 13.2 Å². The number of guanidine groups is 1. The predicted octanol–water partition coefficient (Wildman–Crippen LogP) is 3.28. The van der Waals surface area contributed by atoms with Gasteiger partial charge in [0.15, 0.2) is 17.5 Å². The van der Waals surface area contributed by atoms with Gasteiger partial charge in [-0.15, -0.1) is 0 Å². The number of hydrogen-bond acceptors (Lipinski definition) is 3. The van der Waals surface area contributed by atoms with E-state index >= 15 is 0 Å². The molecule has 25 heavy (non-hydrogen) atoms. The van der Waals surface area contributed by atoms with Crippen molar-refractivity contribution in [2.45, 2.75) is 20.0 Å². The van der Waals surface area contributed by atoms with Crippen LogP contribution in [-0.2, 0) is 13.1 Å². The second kappa shape index (κ2) is 8.12. The highest BCUT2D eigenvalue weighted by Crippen LogP contribution is 2.38. The fourth-order valence-electron chi connectivity index (χ4n) is 2.66. The van der Waals surface area contributed by atoms with Crippen LogP contribution in [0.4, 0.5) is 0 Å². The van der Waals surface area contributed by atoms with Crippen LogP contribution in [0.5, 0.6) is 11.5 Å². The normalized spacial score (nSPS) is 13.5. The van der Waals surface area contributed by atoms with Crippen LogP contribution in [0.15, 0.2) is 41.4 Å². The van der Waals surface area contributed by atoms with Crippen LogP contribution in [0.1, 0.15) is 16.7 Å². The molecular weight excluding hydrogens is 338 g/mol. The number of rotatable bonds is 4. The van der Waals surface area contributed by atoms with Crippen molar-refractivity contribution in [2.75, 3.05) is 20.3 Å². The Bertz CT molecular complexity index is 777. The van der Waals surface area contributed by atoms with Crippen molar-refractivity contribution in [3.8, 4) is 11.5 Å². The zero-order valence-electron chi connectivity index (χ0n) is 14.4. The van der Waals surface area contributed by atoms with E-state index in [0.717, 1.165) is 11.5 Å². The lowest BCUT2D eigenvalue weighted by Gasteiger charge is -2.20. The molecular formula is C19H22ClN3O2. The molecule has 0 atom stereocenters. The molecule has 5 nitrogen and oxygen atoms in total. The Balaban J connectivity index is 1.60. The average Bonchev–Trinajstić information content (AvgIpc) is 2.63. The molecule has 132 valence electrons. The number of aliphatic imine (C=N–C) groups is 1. The molecule has 0 bridgehead atoms. The number of aryl methyl sites for hydroxylation is 1. The molecule has 0 aliphatic carbocycles. The minimum atomic E-state index is 0.528. The maximum Gasteiger partial charge on any atom is 0.191 e. The van der Waals surface area contributed by atoms with Crippen LogP contribution in [0, 0.1) is 6.92 Å². The topological polar surface area (TPSA) is 54.9 Å². The monoisotopic (exact) mass is 359 g/mol. The Morgan fingerprint density at radius 3 is 2.68 bits per heavy atom. The average molecular weight is 360 g/mol. The van der Waals surface area contributed by atoms with Gasteiger partial charge in [-0.25, -0.2) is 0 Å². The van der Waals surface area contributed by atoms with E-state index in [1.165, 1.54) is 11.1 Å². The fourth-order valence-corrected chi connectivity index (χ4v) is 2.95. The van der Waals surface area contributed by atoms with Crippen LogP contribution in [0.25, 0.3) is 0 Å². The summed E-state index contributed by atoms with van der Waals surface area (Å²) in [4.78, 5) is 4.26. The number of hydrogen-bond donors (Lipinski definition) is 2. The summed E-state index contributed by atoms with van der Waals surface area (Å²) in [6.45, 7) is 4.47. The van der Waals surface area contributed by atoms with E-state index in [2.05, 4.69) is 34.7 Å². The van der Waals surface area contributed by atoms with Gasteiger partial charge < -0.3 is 20.1 Å². The van der Waals surface area contributed by atoms with Gasteiger partial charge in [0.2, 0.25) is 0 Å². The Kier molecular flexibility index (Phi) is 5.66. The molecule has 2 aromatic rings. The van der Waals surface area contributed by atoms with Gasteiger partial charge in [-0.2, -0.15) is 0 Å². The van der Waals surface area contributed by atoms with Crippen molar-refractivity contribution >= 4 is 17.6 Å². The van der Waals surface area contributed by atoms with Crippen LogP contribution in [-0.4, -0.2) is 26.2 Å². The summed E-state index contributed by atoms with van der Waals surface area (Å²) in [6, 6.07) is 12.1. The zero-order valence-corrected chi connectivity index (χ0v) is 15.2.